The number of alkyl halides is 3. The number of hydrogen-bond donors (Lipinski definition) is 0. The second-order valence-corrected chi connectivity index (χ2v) is 6.05. The standard InChI is InChI=1S/C17H24F3NO/c1-14(16-6-3-2-4-7-16)21(12-15-8-9-15)10-5-11-22-13-17(18,19)20/h2-4,6-7,14-15H,5,8-13H2,1H3. The van der Waals surface area contributed by atoms with Crippen molar-refractivity contribution in [1.82, 2.24) is 4.90 Å². The smallest absolute Gasteiger partial charge is 0.372 e. The van der Waals surface area contributed by atoms with Crippen molar-refractivity contribution in [3.63, 3.8) is 0 Å². The lowest BCUT2D eigenvalue weighted by molar-refractivity contribution is -0.174. The molecule has 1 aliphatic rings. The molecule has 22 heavy (non-hydrogen) atoms. The van der Waals surface area contributed by atoms with Crippen LogP contribution in [0, 0.1) is 5.92 Å². The van der Waals surface area contributed by atoms with Crippen molar-refractivity contribution in [2.45, 2.75) is 38.4 Å². The summed E-state index contributed by atoms with van der Waals surface area (Å²) in [6, 6.07) is 10.5. The normalized spacial score (nSPS) is 17.0. The largest absolute Gasteiger partial charge is 0.411 e. The van der Waals surface area contributed by atoms with E-state index < -0.39 is 12.8 Å². The quantitative estimate of drug-likeness (QED) is 0.625. The zero-order chi connectivity index (χ0) is 16.0. The highest BCUT2D eigenvalue weighted by atomic mass is 19.4. The summed E-state index contributed by atoms with van der Waals surface area (Å²) in [6.45, 7) is 2.96. The van der Waals surface area contributed by atoms with Crippen molar-refractivity contribution < 1.29 is 17.9 Å². The Balaban J connectivity index is 1.79. The summed E-state index contributed by atoms with van der Waals surface area (Å²) in [5.74, 6) is 0.752. The third-order valence-electron chi connectivity index (χ3n) is 4.02. The lowest BCUT2D eigenvalue weighted by Gasteiger charge is -2.29. The minimum Gasteiger partial charge on any atom is -0.372 e. The summed E-state index contributed by atoms with van der Waals surface area (Å²) in [4.78, 5) is 2.37. The minimum atomic E-state index is -4.23. The van der Waals surface area contributed by atoms with E-state index in [9.17, 15) is 13.2 Å². The number of ether oxygens (including phenoxy) is 1. The summed E-state index contributed by atoms with van der Waals surface area (Å²) < 4.78 is 40.8. The monoisotopic (exact) mass is 315 g/mol. The molecule has 1 aromatic rings. The Hall–Kier alpha value is -1.07. The maximum atomic E-state index is 12.0. The van der Waals surface area contributed by atoms with Crippen LogP contribution < -0.4 is 0 Å². The van der Waals surface area contributed by atoms with Crippen LogP contribution in [-0.4, -0.2) is 37.4 Å². The second-order valence-electron chi connectivity index (χ2n) is 6.05. The molecule has 0 aliphatic heterocycles. The van der Waals surface area contributed by atoms with Crippen molar-refractivity contribution in [3.8, 4) is 0 Å². The lowest BCUT2D eigenvalue weighted by atomic mass is 10.1. The molecule has 0 spiro atoms. The molecule has 1 atom stereocenters. The van der Waals surface area contributed by atoms with Crippen LogP contribution in [0.5, 0.6) is 0 Å². The molecule has 0 aromatic heterocycles. The fourth-order valence-corrected chi connectivity index (χ4v) is 2.58. The van der Waals surface area contributed by atoms with Gasteiger partial charge in [0.15, 0.2) is 0 Å². The van der Waals surface area contributed by atoms with E-state index in [-0.39, 0.29) is 12.6 Å². The number of benzene rings is 1. The van der Waals surface area contributed by atoms with E-state index in [0.717, 1.165) is 19.0 Å². The van der Waals surface area contributed by atoms with Crippen LogP contribution in [0.15, 0.2) is 30.3 Å². The van der Waals surface area contributed by atoms with Gasteiger partial charge in [-0.05, 0) is 37.7 Å². The first-order chi connectivity index (χ1) is 10.5. The Morgan fingerprint density at radius 2 is 1.91 bits per heavy atom. The molecule has 0 amide bonds. The van der Waals surface area contributed by atoms with Crippen molar-refractivity contribution in [1.29, 1.82) is 0 Å². The van der Waals surface area contributed by atoms with Crippen LogP contribution in [-0.2, 0) is 4.74 Å². The van der Waals surface area contributed by atoms with Gasteiger partial charge in [-0.2, -0.15) is 13.2 Å². The van der Waals surface area contributed by atoms with Gasteiger partial charge >= 0.3 is 6.18 Å². The first kappa shape index (κ1) is 17.3. The Bertz CT molecular complexity index is 431. The van der Waals surface area contributed by atoms with E-state index in [4.69, 9.17) is 4.74 Å². The summed E-state index contributed by atoms with van der Waals surface area (Å²) >= 11 is 0. The number of rotatable bonds is 9. The molecular weight excluding hydrogens is 291 g/mol. The molecule has 0 heterocycles. The van der Waals surface area contributed by atoms with Crippen LogP contribution in [0.25, 0.3) is 0 Å². The number of nitrogens with zero attached hydrogens (tertiary/aromatic N) is 1. The van der Waals surface area contributed by atoms with Gasteiger partial charge < -0.3 is 4.74 Å². The topological polar surface area (TPSA) is 12.5 Å². The molecule has 5 heteroatoms. The van der Waals surface area contributed by atoms with Gasteiger partial charge in [-0.15, -0.1) is 0 Å². The average molecular weight is 315 g/mol. The van der Waals surface area contributed by atoms with Gasteiger partial charge in [-0.3, -0.25) is 4.90 Å². The molecule has 1 aliphatic carbocycles. The fourth-order valence-electron chi connectivity index (χ4n) is 2.58. The van der Waals surface area contributed by atoms with Gasteiger partial charge in [0.1, 0.15) is 6.61 Å². The molecule has 1 aromatic carbocycles. The van der Waals surface area contributed by atoms with E-state index in [1.807, 2.05) is 18.2 Å². The summed E-state index contributed by atoms with van der Waals surface area (Å²) in [5, 5.41) is 0. The predicted octanol–water partition coefficient (Wildman–Crippen LogP) is 4.43. The first-order valence-corrected chi connectivity index (χ1v) is 7.89. The maximum absolute atomic E-state index is 12.0. The summed E-state index contributed by atoms with van der Waals surface area (Å²) in [5.41, 5.74) is 1.25. The molecular formula is C17H24F3NO. The van der Waals surface area contributed by atoms with Gasteiger partial charge in [-0.1, -0.05) is 30.3 Å². The first-order valence-electron chi connectivity index (χ1n) is 7.89. The molecule has 1 fully saturated rings. The predicted molar refractivity (Wildman–Crippen MR) is 80.6 cm³/mol. The second kappa shape index (κ2) is 7.97. The molecule has 0 N–H and O–H groups in total. The van der Waals surface area contributed by atoms with E-state index in [2.05, 4.69) is 24.0 Å². The maximum Gasteiger partial charge on any atom is 0.411 e. The third kappa shape index (κ3) is 6.36. The highest BCUT2D eigenvalue weighted by Gasteiger charge is 2.28. The Labute approximate surface area is 130 Å². The molecule has 124 valence electrons. The molecule has 1 unspecified atom stereocenters. The van der Waals surface area contributed by atoms with E-state index in [1.54, 1.807) is 0 Å². The number of hydrogen-bond acceptors (Lipinski definition) is 2. The van der Waals surface area contributed by atoms with Crippen LogP contribution in [0.3, 0.4) is 0 Å². The lowest BCUT2D eigenvalue weighted by Crippen LogP contribution is -2.31. The Morgan fingerprint density at radius 1 is 1.23 bits per heavy atom. The van der Waals surface area contributed by atoms with Crippen LogP contribution in [0.2, 0.25) is 0 Å². The van der Waals surface area contributed by atoms with Gasteiger partial charge in [0.2, 0.25) is 0 Å². The fraction of sp³-hybridized carbons (Fsp3) is 0.647. The van der Waals surface area contributed by atoms with Crippen molar-refractivity contribution >= 4 is 0 Å². The molecule has 0 bridgehead atoms. The Morgan fingerprint density at radius 3 is 2.50 bits per heavy atom. The van der Waals surface area contributed by atoms with Crippen molar-refractivity contribution in [3.05, 3.63) is 35.9 Å². The molecule has 1 saturated carbocycles. The molecule has 0 radical (unpaired) electrons. The highest BCUT2D eigenvalue weighted by molar-refractivity contribution is 5.18. The number of halogens is 3. The van der Waals surface area contributed by atoms with Gasteiger partial charge in [0, 0.05) is 25.7 Å². The van der Waals surface area contributed by atoms with Gasteiger partial charge in [-0.25, -0.2) is 0 Å². The van der Waals surface area contributed by atoms with Crippen molar-refractivity contribution in [2.75, 3.05) is 26.3 Å². The van der Waals surface area contributed by atoms with Gasteiger partial charge in [0.25, 0.3) is 0 Å². The Kier molecular flexibility index (Phi) is 6.26. The van der Waals surface area contributed by atoms with E-state index >= 15 is 0 Å². The minimum absolute atomic E-state index is 0.155. The van der Waals surface area contributed by atoms with Crippen molar-refractivity contribution in [2.24, 2.45) is 5.92 Å². The van der Waals surface area contributed by atoms with Gasteiger partial charge in [0.05, 0.1) is 0 Å². The third-order valence-corrected chi connectivity index (χ3v) is 4.02. The van der Waals surface area contributed by atoms with Crippen LogP contribution in [0.1, 0.15) is 37.8 Å². The van der Waals surface area contributed by atoms with Crippen LogP contribution >= 0.6 is 0 Å². The summed E-state index contributed by atoms with van der Waals surface area (Å²) in [7, 11) is 0. The molecule has 2 nitrogen and oxygen atoms in total. The molecule has 0 saturated heterocycles. The SMILES string of the molecule is CC(c1ccccc1)N(CCCOCC(F)(F)F)CC1CC1. The van der Waals surface area contributed by atoms with E-state index in [0.29, 0.717) is 6.42 Å². The zero-order valence-electron chi connectivity index (χ0n) is 13.0. The van der Waals surface area contributed by atoms with Crippen LogP contribution in [0.4, 0.5) is 13.2 Å². The zero-order valence-corrected chi connectivity index (χ0v) is 13.0. The van der Waals surface area contributed by atoms with E-state index in [1.165, 1.54) is 18.4 Å². The molecule has 2 rings (SSSR count). The average Bonchev–Trinajstić information content (AvgIpc) is 3.29. The highest BCUT2D eigenvalue weighted by Crippen LogP contribution is 2.32. The summed E-state index contributed by atoms with van der Waals surface area (Å²) in [6.07, 6.45) is -1.07.